The molecule has 4 heteroatoms. The average molecular weight is 171 g/mol. The molecule has 0 radical (unpaired) electrons. The van der Waals surface area contributed by atoms with Gasteiger partial charge in [-0.05, 0) is 14.1 Å². The predicted molar refractivity (Wildman–Crippen MR) is 47.4 cm³/mol. The van der Waals surface area contributed by atoms with Crippen LogP contribution in [0.2, 0.25) is 0 Å². The molecule has 0 bridgehead atoms. The van der Waals surface area contributed by atoms with Crippen LogP contribution in [0.15, 0.2) is 6.20 Å². The normalized spacial score (nSPS) is 10.9. The minimum absolute atomic E-state index is 0.554. The molecule has 1 rings (SSSR count). The van der Waals surface area contributed by atoms with E-state index in [1.54, 1.807) is 11.3 Å². The molecule has 11 heavy (non-hydrogen) atoms. The first-order valence-electron chi connectivity index (χ1n) is 3.50. The van der Waals surface area contributed by atoms with Crippen molar-refractivity contribution < 1.29 is 0 Å². The molecule has 0 spiro atoms. The lowest BCUT2D eigenvalue weighted by Crippen LogP contribution is -2.09. The third-order valence-corrected chi connectivity index (χ3v) is 2.25. The van der Waals surface area contributed by atoms with Gasteiger partial charge >= 0.3 is 0 Å². The Labute approximate surface area is 70.9 Å². The van der Waals surface area contributed by atoms with Crippen molar-refractivity contribution in [2.24, 2.45) is 5.73 Å². The lowest BCUT2D eigenvalue weighted by molar-refractivity contribution is 0.406. The molecule has 62 valence electrons. The molecule has 0 amide bonds. The Morgan fingerprint density at radius 1 is 1.64 bits per heavy atom. The molecule has 0 atom stereocenters. The maximum atomic E-state index is 5.43. The fourth-order valence-corrected chi connectivity index (χ4v) is 1.75. The monoisotopic (exact) mass is 171 g/mol. The number of hydrogen-bond acceptors (Lipinski definition) is 4. The van der Waals surface area contributed by atoms with Crippen molar-refractivity contribution >= 4 is 11.3 Å². The second kappa shape index (κ2) is 3.80. The maximum absolute atomic E-state index is 5.43. The second-order valence-corrected chi connectivity index (χ2v) is 3.86. The smallest absolute Gasteiger partial charge is 0.106 e. The van der Waals surface area contributed by atoms with E-state index in [1.807, 2.05) is 20.3 Å². The predicted octanol–water partition coefficient (Wildman–Crippen LogP) is 0.663. The molecule has 0 saturated carbocycles. The van der Waals surface area contributed by atoms with Crippen molar-refractivity contribution in [1.29, 1.82) is 0 Å². The molecule has 0 saturated heterocycles. The van der Waals surface area contributed by atoms with E-state index in [9.17, 15) is 0 Å². The molecule has 0 unspecified atom stereocenters. The minimum atomic E-state index is 0.554. The van der Waals surface area contributed by atoms with Crippen LogP contribution >= 0.6 is 11.3 Å². The first-order valence-corrected chi connectivity index (χ1v) is 4.32. The van der Waals surface area contributed by atoms with Gasteiger partial charge in [-0.3, -0.25) is 0 Å². The van der Waals surface area contributed by atoms with Gasteiger partial charge in [0.25, 0.3) is 0 Å². The Hall–Kier alpha value is -0.450. The third-order valence-electron chi connectivity index (χ3n) is 1.25. The van der Waals surface area contributed by atoms with Gasteiger partial charge in [0.05, 0.1) is 0 Å². The summed E-state index contributed by atoms with van der Waals surface area (Å²) in [5.74, 6) is 0. The molecule has 0 aliphatic carbocycles. The van der Waals surface area contributed by atoms with Crippen LogP contribution in [0, 0.1) is 0 Å². The zero-order valence-electron chi connectivity index (χ0n) is 6.87. The quantitative estimate of drug-likeness (QED) is 0.726. The number of nitrogens with zero attached hydrogens (tertiary/aromatic N) is 2. The molecule has 0 aliphatic heterocycles. The zero-order chi connectivity index (χ0) is 8.27. The van der Waals surface area contributed by atoms with E-state index in [1.165, 1.54) is 4.88 Å². The average Bonchev–Trinajstić information content (AvgIpc) is 2.34. The van der Waals surface area contributed by atoms with Crippen LogP contribution in [0.3, 0.4) is 0 Å². The molecule has 1 aromatic rings. The van der Waals surface area contributed by atoms with Crippen molar-refractivity contribution in [3.05, 3.63) is 16.1 Å². The highest BCUT2D eigenvalue weighted by Gasteiger charge is 2.00. The van der Waals surface area contributed by atoms with Gasteiger partial charge in [0, 0.05) is 24.2 Å². The van der Waals surface area contributed by atoms with E-state index in [4.69, 9.17) is 5.73 Å². The van der Waals surface area contributed by atoms with Gasteiger partial charge in [-0.1, -0.05) is 0 Å². The van der Waals surface area contributed by atoms with Crippen LogP contribution in [0.4, 0.5) is 0 Å². The Kier molecular flexibility index (Phi) is 2.99. The lowest BCUT2D eigenvalue weighted by atomic mass is 10.5. The molecule has 0 fully saturated rings. The Bertz CT molecular complexity index is 219. The highest BCUT2D eigenvalue weighted by molar-refractivity contribution is 7.11. The van der Waals surface area contributed by atoms with Crippen LogP contribution in [-0.4, -0.2) is 24.0 Å². The number of nitrogens with two attached hydrogens (primary N) is 1. The summed E-state index contributed by atoms with van der Waals surface area (Å²) in [5.41, 5.74) is 5.43. The number of aromatic nitrogens is 1. The van der Waals surface area contributed by atoms with Crippen LogP contribution in [0.25, 0.3) is 0 Å². The van der Waals surface area contributed by atoms with Crippen LogP contribution in [-0.2, 0) is 13.1 Å². The van der Waals surface area contributed by atoms with Gasteiger partial charge in [0.15, 0.2) is 0 Å². The molecule has 1 aromatic heterocycles. The number of hydrogen-bond donors (Lipinski definition) is 1. The van der Waals surface area contributed by atoms with Gasteiger partial charge in [0.2, 0.25) is 0 Å². The maximum Gasteiger partial charge on any atom is 0.106 e. The molecular formula is C7H13N3S. The fourth-order valence-electron chi connectivity index (χ4n) is 0.827. The van der Waals surface area contributed by atoms with Gasteiger partial charge < -0.3 is 10.6 Å². The zero-order valence-corrected chi connectivity index (χ0v) is 7.69. The standard InChI is InChI=1S/C7H13N3S/c1-10(2)5-6-4-9-7(3-8)11-6/h4H,3,5,8H2,1-2H3. The van der Waals surface area contributed by atoms with Crippen molar-refractivity contribution in [1.82, 2.24) is 9.88 Å². The largest absolute Gasteiger partial charge is 0.325 e. The lowest BCUT2D eigenvalue weighted by Gasteiger charge is -2.05. The summed E-state index contributed by atoms with van der Waals surface area (Å²) >= 11 is 1.68. The minimum Gasteiger partial charge on any atom is -0.325 e. The summed E-state index contributed by atoms with van der Waals surface area (Å²) in [4.78, 5) is 7.55. The summed E-state index contributed by atoms with van der Waals surface area (Å²) < 4.78 is 0. The topological polar surface area (TPSA) is 42.2 Å². The van der Waals surface area contributed by atoms with E-state index in [0.717, 1.165) is 11.6 Å². The van der Waals surface area contributed by atoms with Gasteiger partial charge in [-0.25, -0.2) is 4.98 Å². The van der Waals surface area contributed by atoms with E-state index in [2.05, 4.69) is 9.88 Å². The molecular weight excluding hydrogens is 158 g/mol. The summed E-state index contributed by atoms with van der Waals surface area (Å²) in [6.07, 6.45) is 1.90. The summed E-state index contributed by atoms with van der Waals surface area (Å²) in [7, 11) is 4.09. The van der Waals surface area contributed by atoms with Crippen molar-refractivity contribution in [2.75, 3.05) is 14.1 Å². The molecule has 3 nitrogen and oxygen atoms in total. The SMILES string of the molecule is CN(C)Cc1cnc(CN)s1. The second-order valence-electron chi connectivity index (χ2n) is 2.66. The third kappa shape index (κ3) is 2.57. The summed E-state index contributed by atoms with van der Waals surface area (Å²) in [5, 5.41) is 1.02. The van der Waals surface area contributed by atoms with Crippen molar-refractivity contribution in [3.63, 3.8) is 0 Å². The Balaban J connectivity index is 2.58. The molecule has 1 heterocycles. The van der Waals surface area contributed by atoms with Crippen molar-refractivity contribution in [3.8, 4) is 0 Å². The van der Waals surface area contributed by atoms with E-state index < -0.39 is 0 Å². The number of thiazole rings is 1. The van der Waals surface area contributed by atoms with Gasteiger partial charge in [-0.2, -0.15) is 0 Å². The van der Waals surface area contributed by atoms with Crippen LogP contribution in [0.5, 0.6) is 0 Å². The van der Waals surface area contributed by atoms with Crippen molar-refractivity contribution in [2.45, 2.75) is 13.1 Å². The molecule has 0 aliphatic rings. The van der Waals surface area contributed by atoms with E-state index in [0.29, 0.717) is 6.54 Å². The van der Waals surface area contributed by atoms with Crippen LogP contribution < -0.4 is 5.73 Å². The highest BCUT2D eigenvalue weighted by atomic mass is 32.1. The first kappa shape index (κ1) is 8.64. The Morgan fingerprint density at radius 3 is 2.82 bits per heavy atom. The summed E-state index contributed by atoms with van der Waals surface area (Å²) in [6.45, 7) is 1.51. The highest BCUT2D eigenvalue weighted by Crippen LogP contribution is 2.12. The van der Waals surface area contributed by atoms with Gasteiger partial charge in [-0.15, -0.1) is 11.3 Å². The Morgan fingerprint density at radius 2 is 2.36 bits per heavy atom. The number of rotatable bonds is 3. The van der Waals surface area contributed by atoms with E-state index in [-0.39, 0.29) is 0 Å². The summed E-state index contributed by atoms with van der Waals surface area (Å²) in [6, 6.07) is 0. The van der Waals surface area contributed by atoms with Crippen LogP contribution in [0.1, 0.15) is 9.88 Å². The fraction of sp³-hybridized carbons (Fsp3) is 0.571. The first-order chi connectivity index (χ1) is 5.22. The van der Waals surface area contributed by atoms with Gasteiger partial charge in [0.1, 0.15) is 5.01 Å². The molecule has 0 aromatic carbocycles. The van der Waals surface area contributed by atoms with E-state index >= 15 is 0 Å². The molecule has 2 N–H and O–H groups in total.